The minimum Gasteiger partial charge on any atom is -0.267 e. The largest absolute Gasteiger partial charge is 0.283 e. The number of nitrogens with zero attached hydrogens (tertiary/aromatic N) is 5. The van der Waals surface area contributed by atoms with Gasteiger partial charge in [-0.15, -0.1) is 16.4 Å². The number of hydrogen-bond donors (Lipinski definition) is 1. The van der Waals surface area contributed by atoms with Gasteiger partial charge in [-0.05, 0) is 55.4 Å². The second-order valence-electron chi connectivity index (χ2n) is 8.87. The van der Waals surface area contributed by atoms with E-state index < -0.39 is 0 Å². The van der Waals surface area contributed by atoms with Crippen molar-refractivity contribution in [2.24, 2.45) is 5.10 Å². The molecule has 0 atom stereocenters. The van der Waals surface area contributed by atoms with Crippen LogP contribution < -0.4 is 5.56 Å². The lowest BCUT2D eigenvalue weighted by atomic mass is 9.97. The predicted octanol–water partition coefficient (Wildman–Crippen LogP) is 5.60. The number of nitrogens with one attached hydrogen (secondary N) is 1. The highest BCUT2D eigenvalue weighted by Crippen LogP contribution is 2.35. The lowest BCUT2D eigenvalue weighted by molar-refractivity contribution is 0.699. The first-order valence-corrected chi connectivity index (χ1v) is 13.7. The fourth-order valence-electron chi connectivity index (χ4n) is 4.48. The lowest BCUT2D eigenvalue weighted by Crippen LogP contribution is -2.21. The van der Waals surface area contributed by atoms with Crippen LogP contribution in [-0.4, -0.2) is 31.1 Å². The molecule has 0 saturated heterocycles. The Hall–Kier alpha value is -3.56. The number of H-pyrrole nitrogens is 1. The molecule has 0 radical (unpaired) electrons. The number of thioether (sulfide) groups is 1. The maximum Gasteiger partial charge on any atom is 0.283 e. The van der Waals surface area contributed by atoms with E-state index in [1.54, 1.807) is 35.6 Å². The smallest absolute Gasteiger partial charge is 0.267 e. The van der Waals surface area contributed by atoms with Gasteiger partial charge in [0.05, 0.1) is 11.6 Å². The standard InChI is InChI=1S/C27H24N6OS2/c1-17-9-11-18(12-10-17)14-30-33-24(20-6-4-5-19(13-20)15-35-27-28-16-29-32-27)31-25-23(26(33)34)21-7-2-3-8-22(21)36-25/h4-6,9-14,16H,2-3,7-8,15H2,1H3,(H,28,29,32)/b30-14+. The fraction of sp³-hybridized carbons (Fsp3) is 0.222. The zero-order valence-electron chi connectivity index (χ0n) is 19.8. The first-order chi connectivity index (χ1) is 17.7. The van der Waals surface area contributed by atoms with Crippen molar-refractivity contribution in [1.29, 1.82) is 0 Å². The molecular weight excluding hydrogens is 488 g/mol. The van der Waals surface area contributed by atoms with E-state index in [2.05, 4.69) is 39.3 Å². The van der Waals surface area contributed by atoms with Crippen molar-refractivity contribution in [2.75, 3.05) is 0 Å². The van der Waals surface area contributed by atoms with Crippen LogP contribution >= 0.6 is 23.1 Å². The van der Waals surface area contributed by atoms with Crippen LogP contribution in [0.15, 0.2) is 69.9 Å². The van der Waals surface area contributed by atoms with E-state index >= 15 is 0 Å². The van der Waals surface area contributed by atoms with Gasteiger partial charge in [-0.2, -0.15) is 9.78 Å². The SMILES string of the molecule is Cc1ccc(/C=N/n2c(-c3cccc(CSc4nc[nH]n4)c3)nc3sc4c(c3c2=O)CCCC4)cc1. The topological polar surface area (TPSA) is 88.8 Å². The Morgan fingerprint density at radius 3 is 2.86 bits per heavy atom. The maximum absolute atomic E-state index is 13.9. The molecule has 0 aliphatic heterocycles. The van der Waals surface area contributed by atoms with Crippen molar-refractivity contribution in [2.45, 2.75) is 43.5 Å². The average Bonchev–Trinajstić information content (AvgIpc) is 3.56. The van der Waals surface area contributed by atoms with Crippen molar-refractivity contribution >= 4 is 39.5 Å². The molecule has 0 bridgehead atoms. The molecule has 6 rings (SSSR count). The van der Waals surface area contributed by atoms with E-state index in [0.717, 1.165) is 52.6 Å². The molecule has 0 amide bonds. The molecule has 7 nitrogen and oxygen atoms in total. The first-order valence-electron chi connectivity index (χ1n) is 11.9. The molecule has 0 unspecified atom stereocenters. The van der Waals surface area contributed by atoms with Crippen molar-refractivity contribution in [3.8, 4) is 11.4 Å². The summed E-state index contributed by atoms with van der Waals surface area (Å²) < 4.78 is 1.48. The molecular formula is C27H24N6OS2. The fourth-order valence-corrected chi connectivity index (χ4v) is 6.45. The summed E-state index contributed by atoms with van der Waals surface area (Å²) >= 11 is 3.21. The molecule has 1 N–H and O–H groups in total. The van der Waals surface area contributed by atoms with Gasteiger partial charge < -0.3 is 0 Å². The Labute approximate surface area is 216 Å². The Balaban J connectivity index is 1.46. The predicted molar refractivity (Wildman–Crippen MR) is 146 cm³/mol. The highest BCUT2D eigenvalue weighted by atomic mass is 32.2. The third kappa shape index (κ3) is 4.52. The molecule has 0 saturated carbocycles. The van der Waals surface area contributed by atoms with Crippen molar-refractivity contribution < 1.29 is 0 Å². The van der Waals surface area contributed by atoms with Gasteiger partial charge in [-0.25, -0.2) is 9.97 Å². The summed E-state index contributed by atoms with van der Waals surface area (Å²) in [6.07, 6.45) is 7.53. The summed E-state index contributed by atoms with van der Waals surface area (Å²) in [5.41, 5.74) is 5.13. The Kier molecular flexibility index (Phi) is 6.25. The van der Waals surface area contributed by atoms with Gasteiger partial charge in [-0.3, -0.25) is 9.89 Å². The average molecular weight is 513 g/mol. The van der Waals surface area contributed by atoms with E-state index in [-0.39, 0.29) is 5.56 Å². The van der Waals surface area contributed by atoms with Gasteiger partial charge in [0.2, 0.25) is 5.16 Å². The van der Waals surface area contributed by atoms with Crippen LogP contribution in [0.25, 0.3) is 21.6 Å². The van der Waals surface area contributed by atoms with Crippen LogP contribution in [0, 0.1) is 6.92 Å². The Morgan fingerprint density at radius 2 is 2.03 bits per heavy atom. The first kappa shape index (κ1) is 22.9. The van der Waals surface area contributed by atoms with Gasteiger partial charge in [0, 0.05) is 16.2 Å². The minimum atomic E-state index is -0.0988. The minimum absolute atomic E-state index is 0.0988. The second-order valence-corrected chi connectivity index (χ2v) is 10.9. The number of benzene rings is 2. The lowest BCUT2D eigenvalue weighted by Gasteiger charge is -2.11. The molecule has 9 heteroatoms. The van der Waals surface area contributed by atoms with Crippen molar-refractivity contribution in [3.63, 3.8) is 0 Å². The molecule has 36 heavy (non-hydrogen) atoms. The van der Waals surface area contributed by atoms with Gasteiger partial charge in [0.25, 0.3) is 5.56 Å². The van der Waals surface area contributed by atoms with Gasteiger partial charge >= 0.3 is 0 Å². The normalized spacial score (nSPS) is 13.5. The highest BCUT2D eigenvalue weighted by Gasteiger charge is 2.22. The maximum atomic E-state index is 13.9. The number of rotatable bonds is 6. The van der Waals surface area contributed by atoms with E-state index in [0.29, 0.717) is 16.7 Å². The highest BCUT2D eigenvalue weighted by molar-refractivity contribution is 7.98. The Bertz CT molecular complexity index is 1620. The van der Waals surface area contributed by atoms with E-state index in [9.17, 15) is 4.79 Å². The molecule has 3 aromatic heterocycles. The van der Waals surface area contributed by atoms with E-state index in [1.165, 1.54) is 20.7 Å². The number of aromatic nitrogens is 5. The van der Waals surface area contributed by atoms with Gasteiger partial charge in [0.15, 0.2) is 5.82 Å². The molecule has 1 aliphatic rings. The monoisotopic (exact) mass is 512 g/mol. The quantitative estimate of drug-likeness (QED) is 0.236. The van der Waals surface area contributed by atoms with Crippen molar-refractivity contribution in [1.82, 2.24) is 24.8 Å². The summed E-state index contributed by atoms with van der Waals surface area (Å²) in [5.74, 6) is 1.26. The zero-order valence-corrected chi connectivity index (χ0v) is 21.4. The molecule has 180 valence electrons. The number of thiophene rings is 1. The van der Waals surface area contributed by atoms with Crippen LogP contribution in [0.5, 0.6) is 0 Å². The van der Waals surface area contributed by atoms with Crippen LogP contribution in [-0.2, 0) is 18.6 Å². The van der Waals surface area contributed by atoms with Crippen LogP contribution in [0.3, 0.4) is 0 Å². The van der Waals surface area contributed by atoms with Crippen molar-refractivity contribution in [3.05, 3.63) is 92.3 Å². The summed E-state index contributed by atoms with van der Waals surface area (Å²) in [6.45, 7) is 2.05. The molecule has 0 fully saturated rings. The van der Waals surface area contributed by atoms with Gasteiger partial charge in [0.1, 0.15) is 11.2 Å². The van der Waals surface area contributed by atoms with Crippen LogP contribution in [0.2, 0.25) is 0 Å². The number of fused-ring (bicyclic) bond motifs is 3. The van der Waals surface area contributed by atoms with E-state index in [1.807, 2.05) is 36.4 Å². The Morgan fingerprint density at radius 1 is 1.17 bits per heavy atom. The van der Waals surface area contributed by atoms with Crippen LogP contribution in [0.1, 0.15) is 40.0 Å². The van der Waals surface area contributed by atoms with Crippen LogP contribution in [0.4, 0.5) is 0 Å². The summed E-state index contributed by atoms with van der Waals surface area (Å²) in [4.78, 5) is 25.2. The number of hydrogen-bond acceptors (Lipinski definition) is 7. The molecule has 0 spiro atoms. The summed E-state index contributed by atoms with van der Waals surface area (Å²) in [6, 6.07) is 16.2. The third-order valence-corrected chi connectivity index (χ3v) is 8.43. The second kappa shape index (κ2) is 9.83. The zero-order chi connectivity index (χ0) is 24.5. The molecule has 2 aromatic carbocycles. The summed E-state index contributed by atoms with van der Waals surface area (Å²) in [5, 5.41) is 13.0. The molecule has 3 heterocycles. The molecule has 1 aliphatic carbocycles. The van der Waals surface area contributed by atoms with E-state index in [4.69, 9.17) is 4.98 Å². The molecule has 5 aromatic rings. The summed E-state index contributed by atoms with van der Waals surface area (Å²) in [7, 11) is 0. The number of aryl methyl sites for hydroxylation is 3. The number of aromatic amines is 1. The third-order valence-electron chi connectivity index (χ3n) is 6.31. The van der Waals surface area contributed by atoms with Gasteiger partial charge in [-0.1, -0.05) is 59.8 Å².